The fourth-order valence-corrected chi connectivity index (χ4v) is 4.02. The summed E-state index contributed by atoms with van der Waals surface area (Å²) in [5.41, 5.74) is 3.61. The lowest BCUT2D eigenvalue weighted by Crippen LogP contribution is -2.41. The number of rotatable bonds is 8. The predicted molar refractivity (Wildman–Crippen MR) is 135 cm³/mol. The van der Waals surface area contributed by atoms with Gasteiger partial charge in [0.05, 0.1) is 18.8 Å². The molecule has 0 bridgehead atoms. The summed E-state index contributed by atoms with van der Waals surface area (Å²) < 4.78 is 0. The topological polar surface area (TPSA) is 142 Å². The first-order valence-electron chi connectivity index (χ1n) is 12.1. The van der Waals surface area contributed by atoms with Gasteiger partial charge in [0, 0.05) is 25.7 Å². The van der Waals surface area contributed by atoms with Crippen LogP contribution in [-0.2, 0) is 40.1 Å². The molecule has 196 valence electrons. The van der Waals surface area contributed by atoms with E-state index >= 15 is 0 Å². The molecular formula is C27H26N4O7. The Bertz CT molecular complexity index is 1300. The third-order valence-corrected chi connectivity index (χ3v) is 6.00. The number of anilines is 1. The zero-order valence-corrected chi connectivity index (χ0v) is 20.5. The summed E-state index contributed by atoms with van der Waals surface area (Å²) >= 11 is 0. The number of hydroxylamine groups is 2. The van der Waals surface area contributed by atoms with Crippen molar-refractivity contribution in [2.45, 2.75) is 32.2 Å². The lowest BCUT2D eigenvalue weighted by Gasteiger charge is -2.27. The minimum Gasteiger partial charge on any atom is -0.347 e. The zero-order valence-electron chi connectivity index (χ0n) is 20.5. The summed E-state index contributed by atoms with van der Waals surface area (Å²) in [5.74, 6) is -3.68. The highest BCUT2D eigenvalue weighted by atomic mass is 16.7. The Kier molecular flexibility index (Phi) is 8.27. The van der Waals surface area contributed by atoms with E-state index in [1.165, 1.54) is 0 Å². The molecule has 2 aromatic carbocycles. The second-order valence-electron chi connectivity index (χ2n) is 8.67. The van der Waals surface area contributed by atoms with Gasteiger partial charge in [-0.1, -0.05) is 54.6 Å². The number of carbonyl (C=O) groups excluding carboxylic acids is 6. The van der Waals surface area contributed by atoms with Gasteiger partial charge in [-0.2, -0.15) is 0 Å². The minimum atomic E-state index is -0.996. The number of amides is 5. The molecule has 5 amide bonds. The average Bonchev–Trinajstić information content (AvgIpc) is 3.22. The molecule has 1 fully saturated rings. The van der Waals surface area contributed by atoms with E-state index in [1.54, 1.807) is 4.90 Å². The van der Waals surface area contributed by atoms with Crippen molar-refractivity contribution < 1.29 is 33.6 Å². The maximum atomic E-state index is 13.2. The molecule has 2 heterocycles. The van der Waals surface area contributed by atoms with Gasteiger partial charge in [0.2, 0.25) is 17.7 Å². The highest BCUT2D eigenvalue weighted by Crippen LogP contribution is 2.29. The molecular weight excluding hydrogens is 492 g/mol. The number of nitrogens with zero attached hydrogens (tertiary/aromatic N) is 2. The van der Waals surface area contributed by atoms with Crippen molar-refractivity contribution >= 4 is 53.3 Å². The predicted octanol–water partition coefficient (Wildman–Crippen LogP) is 1.32. The van der Waals surface area contributed by atoms with Gasteiger partial charge in [-0.3, -0.25) is 24.0 Å². The quantitative estimate of drug-likeness (QED) is 0.502. The molecule has 2 aliphatic rings. The summed E-state index contributed by atoms with van der Waals surface area (Å²) in [6.07, 6.45) is 3.68. The van der Waals surface area contributed by atoms with E-state index in [2.05, 4.69) is 15.5 Å². The molecule has 0 spiro atoms. The van der Waals surface area contributed by atoms with Gasteiger partial charge in [-0.15, -0.1) is 5.06 Å². The number of hydrogen-bond acceptors (Lipinski definition) is 7. The average molecular weight is 519 g/mol. The van der Waals surface area contributed by atoms with Crippen molar-refractivity contribution in [3.05, 3.63) is 65.2 Å². The third-order valence-electron chi connectivity index (χ3n) is 6.00. The molecule has 11 heteroatoms. The van der Waals surface area contributed by atoms with Gasteiger partial charge in [0.1, 0.15) is 6.54 Å². The number of imide groups is 1. The van der Waals surface area contributed by atoms with Crippen LogP contribution < -0.4 is 15.5 Å². The second-order valence-corrected chi connectivity index (χ2v) is 8.67. The number of nitrogens with one attached hydrogen (secondary N) is 2. The van der Waals surface area contributed by atoms with Crippen LogP contribution in [0.1, 0.15) is 42.4 Å². The zero-order chi connectivity index (χ0) is 27.1. The van der Waals surface area contributed by atoms with Gasteiger partial charge in [0.15, 0.2) is 0 Å². The van der Waals surface area contributed by atoms with Crippen molar-refractivity contribution in [1.82, 2.24) is 15.7 Å². The summed E-state index contributed by atoms with van der Waals surface area (Å²) in [5, 5.41) is 5.02. The SMILES string of the molecule is O=C(CCC(=O)N1Cc2ccccc2/C=C\c2ccccc21)NCC(=O)NCC(=O)ON1C(=O)CCC1=O. The molecule has 4 rings (SSSR count). The standard InChI is InChI=1S/C27H26N4O7/c32-22(28-15-23(33)29-16-27(37)38-31-25(35)13-14-26(31)36)11-12-24(34)30-17-20-7-2-1-5-18(20)9-10-19-6-3-4-8-21(19)30/h1-10H,11-17H2,(H,28,32)(H,29,33)/b10-9-. The lowest BCUT2D eigenvalue weighted by molar-refractivity contribution is -0.196. The molecule has 2 N–H and O–H groups in total. The molecule has 0 atom stereocenters. The lowest BCUT2D eigenvalue weighted by atomic mass is 10.0. The van der Waals surface area contributed by atoms with Gasteiger partial charge in [-0.05, 0) is 22.8 Å². The van der Waals surface area contributed by atoms with Crippen LogP contribution in [0.4, 0.5) is 5.69 Å². The van der Waals surface area contributed by atoms with Crippen LogP contribution in [0.3, 0.4) is 0 Å². The molecule has 2 aromatic rings. The van der Waals surface area contributed by atoms with Crippen LogP contribution in [-0.4, -0.2) is 53.7 Å². The van der Waals surface area contributed by atoms with Gasteiger partial charge in [-0.25, -0.2) is 4.79 Å². The molecule has 0 unspecified atom stereocenters. The van der Waals surface area contributed by atoms with E-state index in [9.17, 15) is 28.8 Å². The van der Waals surface area contributed by atoms with Crippen LogP contribution in [0, 0.1) is 0 Å². The number of carbonyl (C=O) groups is 6. The molecule has 0 radical (unpaired) electrons. The Morgan fingerprint density at radius 1 is 0.763 bits per heavy atom. The largest absolute Gasteiger partial charge is 0.352 e. The molecule has 0 saturated carbocycles. The van der Waals surface area contributed by atoms with Crippen LogP contribution in [0.15, 0.2) is 48.5 Å². The Morgan fingerprint density at radius 2 is 1.39 bits per heavy atom. The fourth-order valence-electron chi connectivity index (χ4n) is 4.02. The number of benzene rings is 2. The van der Waals surface area contributed by atoms with Gasteiger partial charge < -0.3 is 20.4 Å². The number of hydrogen-bond donors (Lipinski definition) is 2. The van der Waals surface area contributed by atoms with E-state index in [0.717, 1.165) is 22.4 Å². The normalized spacial score (nSPS) is 15.1. The highest BCUT2D eigenvalue weighted by Gasteiger charge is 2.32. The van der Waals surface area contributed by atoms with Crippen LogP contribution >= 0.6 is 0 Å². The second kappa shape index (κ2) is 12.0. The highest BCUT2D eigenvalue weighted by molar-refractivity contribution is 6.02. The van der Waals surface area contributed by atoms with Crippen molar-refractivity contribution in [3.63, 3.8) is 0 Å². The molecule has 38 heavy (non-hydrogen) atoms. The first-order chi connectivity index (χ1) is 18.3. The smallest absolute Gasteiger partial charge is 0.347 e. The first kappa shape index (κ1) is 26.3. The molecule has 1 saturated heterocycles. The molecule has 2 aliphatic heterocycles. The summed E-state index contributed by atoms with van der Waals surface area (Å²) in [7, 11) is 0. The van der Waals surface area contributed by atoms with E-state index in [0.29, 0.717) is 11.6 Å². The first-order valence-corrected chi connectivity index (χ1v) is 12.1. The Labute approximate surface area is 218 Å². The third kappa shape index (κ3) is 6.49. The van der Waals surface area contributed by atoms with E-state index in [4.69, 9.17) is 0 Å². The number of fused-ring (bicyclic) bond motifs is 2. The Hall–Kier alpha value is -4.80. The Morgan fingerprint density at radius 3 is 2.16 bits per heavy atom. The van der Waals surface area contributed by atoms with E-state index in [-0.39, 0.29) is 31.6 Å². The Balaban J connectivity index is 1.25. The van der Waals surface area contributed by atoms with E-state index in [1.807, 2.05) is 60.7 Å². The van der Waals surface area contributed by atoms with E-state index < -0.39 is 42.7 Å². The number of para-hydroxylation sites is 1. The van der Waals surface area contributed by atoms with Crippen molar-refractivity contribution in [1.29, 1.82) is 0 Å². The maximum absolute atomic E-state index is 13.2. The van der Waals surface area contributed by atoms with Crippen molar-refractivity contribution in [3.8, 4) is 0 Å². The molecule has 11 nitrogen and oxygen atoms in total. The van der Waals surface area contributed by atoms with Crippen LogP contribution in [0.5, 0.6) is 0 Å². The summed E-state index contributed by atoms with van der Waals surface area (Å²) in [4.78, 5) is 78.4. The minimum absolute atomic E-state index is 0.0401. The molecule has 0 aromatic heterocycles. The summed E-state index contributed by atoms with van der Waals surface area (Å²) in [6, 6.07) is 15.3. The van der Waals surface area contributed by atoms with Crippen LogP contribution in [0.25, 0.3) is 12.2 Å². The molecule has 0 aliphatic carbocycles. The van der Waals surface area contributed by atoms with Crippen molar-refractivity contribution in [2.75, 3.05) is 18.0 Å². The van der Waals surface area contributed by atoms with Crippen LogP contribution in [0.2, 0.25) is 0 Å². The van der Waals surface area contributed by atoms with Crippen molar-refractivity contribution in [2.24, 2.45) is 0 Å². The maximum Gasteiger partial charge on any atom is 0.352 e. The monoisotopic (exact) mass is 518 g/mol. The van der Waals surface area contributed by atoms with Gasteiger partial charge in [0.25, 0.3) is 11.8 Å². The fraction of sp³-hybridized carbons (Fsp3) is 0.259. The summed E-state index contributed by atoms with van der Waals surface area (Å²) in [6.45, 7) is -0.660. The van der Waals surface area contributed by atoms with Gasteiger partial charge >= 0.3 is 5.97 Å².